The Balaban J connectivity index is 1.57. The number of nitrogens with one attached hydrogen (secondary N) is 2. The van der Waals surface area contributed by atoms with E-state index in [1.54, 1.807) is 29.2 Å². The van der Waals surface area contributed by atoms with Crippen molar-refractivity contribution >= 4 is 46.3 Å². The molecule has 2 aromatic heterocycles. The number of rotatable bonds is 7. The molecule has 3 heterocycles. The summed E-state index contributed by atoms with van der Waals surface area (Å²) in [5, 5.41) is 12.1. The number of nitrogens with zero attached hydrogens (tertiary/aromatic N) is 3. The number of halogens is 2. The number of nitrogens with two attached hydrogens (primary N) is 2. The molecule has 13 heteroatoms. The van der Waals surface area contributed by atoms with Gasteiger partial charge in [0.2, 0.25) is 5.88 Å². The molecule has 6 N–H and O–H groups in total. The van der Waals surface area contributed by atoms with Gasteiger partial charge >= 0.3 is 6.03 Å². The van der Waals surface area contributed by atoms with E-state index in [1.807, 2.05) is 0 Å². The first-order valence-corrected chi connectivity index (χ1v) is 11.9. The van der Waals surface area contributed by atoms with Gasteiger partial charge in [-0.1, -0.05) is 23.2 Å². The van der Waals surface area contributed by atoms with Crippen LogP contribution in [0.5, 0.6) is 11.6 Å². The quantitative estimate of drug-likeness (QED) is 0.198. The summed E-state index contributed by atoms with van der Waals surface area (Å²) >= 11 is 12.4. The number of pyridine rings is 2. The minimum absolute atomic E-state index is 0.0496. The molecule has 11 nitrogen and oxygen atoms in total. The van der Waals surface area contributed by atoms with E-state index in [2.05, 4.69) is 15.3 Å². The lowest BCUT2D eigenvalue weighted by Gasteiger charge is -2.27. The molecule has 0 radical (unpaired) electrons. The number of carbonyl (C=O) groups excluding carboxylic acids is 1. The van der Waals surface area contributed by atoms with Gasteiger partial charge in [-0.25, -0.2) is 9.78 Å². The molecular formula is C24H25Cl2N7O4. The maximum absolute atomic E-state index is 12.7. The predicted molar refractivity (Wildman–Crippen MR) is 141 cm³/mol. The summed E-state index contributed by atoms with van der Waals surface area (Å²) < 4.78 is 16.4. The second kappa shape index (κ2) is 11.6. The summed E-state index contributed by atoms with van der Waals surface area (Å²) in [5.74, 6) is 0.549. The minimum Gasteiger partial charge on any atom is -0.480 e. The Labute approximate surface area is 223 Å². The van der Waals surface area contributed by atoms with Crippen molar-refractivity contribution in [1.29, 1.82) is 5.41 Å². The molecule has 194 valence electrons. The zero-order chi connectivity index (χ0) is 26.5. The summed E-state index contributed by atoms with van der Waals surface area (Å²) in [6.07, 6.45) is 3.31. The number of morpholine rings is 1. The third-order valence-corrected chi connectivity index (χ3v) is 6.21. The van der Waals surface area contributed by atoms with Crippen LogP contribution in [0.2, 0.25) is 10.0 Å². The standard InChI is InChI=1S/C24H25Cl2N7O4/c1-35-23-19(32-24(34)33-4-6-36-7-5-33)8-13(10-31-23)21(28)15-9-14(2-3-18(15)27)37-22(29)20-16(25)11-30-12-17(20)26/h2-3,8-12,22,28H,4-7,27,29H2,1H3,(H,32,34)/t22-/m0/s1. The van der Waals surface area contributed by atoms with Crippen LogP contribution in [0.25, 0.3) is 0 Å². The van der Waals surface area contributed by atoms with Gasteiger partial charge in [0.15, 0.2) is 6.23 Å². The fraction of sp³-hybridized carbons (Fsp3) is 0.250. The topological polar surface area (TPSA) is 162 Å². The number of nitrogen functional groups attached to an aromatic ring is 1. The van der Waals surface area contributed by atoms with E-state index >= 15 is 0 Å². The highest BCUT2D eigenvalue weighted by Gasteiger charge is 2.21. The van der Waals surface area contributed by atoms with Crippen LogP contribution >= 0.6 is 23.2 Å². The number of hydrogen-bond acceptors (Lipinski definition) is 9. The normalized spacial score (nSPS) is 14.1. The van der Waals surface area contributed by atoms with Crippen molar-refractivity contribution in [2.75, 3.05) is 44.5 Å². The Morgan fingerprint density at radius 3 is 2.57 bits per heavy atom. The number of anilines is 2. The lowest BCUT2D eigenvalue weighted by molar-refractivity contribution is 0.0564. The van der Waals surface area contributed by atoms with Gasteiger partial charge in [-0.2, -0.15) is 0 Å². The van der Waals surface area contributed by atoms with Crippen LogP contribution in [0.4, 0.5) is 16.2 Å². The van der Waals surface area contributed by atoms with E-state index in [1.165, 1.54) is 25.7 Å². The van der Waals surface area contributed by atoms with Crippen molar-refractivity contribution in [3.63, 3.8) is 0 Å². The molecule has 0 saturated carbocycles. The van der Waals surface area contributed by atoms with Gasteiger partial charge < -0.3 is 30.2 Å². The SMILES string of the molecule is COc1ncc(C(=N)c2cc(O[C@H](N)c3c(Cl)cncc3Cl)ccc2N)cc1NC(=O)N1CCOCC1. The van der Waals surface area contributed by atoms with Crippen LogP contribution in [0.3, 0.4) is 0 Å². The number of amides is 2. The highest BCUT2D eigenvalue weighted by atomic mass is 35.5. The first-order chi connectivity index (χ1) is 17.8. The van der Waals surface area contributed by atoms with Crippen molar-refractivity contribution in [2.45, 2.75) is 6.23 Å². The monoisotopic (exact) mass is 545 g/mol. The second-order valence-corrected chi connectivity index (χ2v) is 8.80. The predicted octanol–water partition coefficient (Wildman–Crippen LogP) is 3.69. The van der Waals surface area contributed by atoms with Crippen molar-refractivity contribution < 1.29 is 19.0 Å². The first-order valence-electron chi connectivity index (χ1n) is 11.2. The van der Waals surface area contributed by atoms with E-state index in [4.69, 9.17) is 54.3 Å². The van der Waals surface area contributed by atoms with Gasteiger partial charge in [0.05, 0.1) is 36.1 Å². The van der Waals surface area contributed by atoms with E-state index < -0.39 is 6.23 Å². The fourth-order valence-corrected chi connectivity index (χ4v) is 4.26. The second-order valence-electron chi connectivity index (χ2n) is 7.99. The first kappa shape index (κ1) is 26.4. The Morgan fingerprint density at radius 2 is 1.89 bits per heavy atom. The number of hydrogen-bond donors (Lipinski definition) is 4. The van der Waals surface area contributed by atoms with Crippen LogP contribution in [0.15, 0.2) is 42.9 Å². The Bertz CT molecular complexity index is 1300. The Morgan fingerprint density at radius 1 is 1.19 bits per heavy atom. The molecule has 1 aliphatic rings. The van der Waals surface area contributed by atoms with E-state index in [-0.39, 0.29) is 27.7 Å². The molecule has 1 aromatic carbocycles. The highest BCUT2D eigenvalue weighted by molar-refractivity contribution is 6.35. The lowest BCUT2D eigenvalue weighted by Crippen LogP contribution is -2.43. The summed E-state index contributed by atoms with van der Waals surface area (Å²) in [4.78, 5) is 22.5. The van der Waals surface area contributed by atoms with Gasteiger partial charge in [0.25, 0.3) is 0 Å². The molecular weight excluding hydrogens is 521 g/mol. The highest BCUT2D eigenvalue weighted by Crippen LogP contribution is 2.32. The number of carbonyl (C=O) groups is 1. The van der Waals surface area contributed by atoms with Crippen LogP contribution in [0.1, 0.15) is 22.9 Å². The van der Waals surface area contributed by atoms with Crippen molar-refractivity contribution in [2.24, 2.45) is 5.73 Å². The van der Waals surface area contributed by atoms with Gasteiger partial charge in [0, 0.05) is 54.1 Å². The molecule has 0 spiro atoms. The summed E-state index contributed by atoms with van der Waals surface area (Å²) in [6, 6.07) is 6.08. The summed E-state index contributed by atoms with van der Waals surface area (Å²) in [6.45, 7) is 1.87. The van der Waals surface area contributed by atoms with E-state index in [0.717, 1.165) is 0 Å². The molecule has 1 atom stereocenters. The van der Waals surface area contributed by atoms with E-state index in [9.17, 15) is 4.79 Å². The lowest BCUT2D eigenvalue weighted by atomic mass is 10.0. The molecule has 4 rings (SSSR count). The van der Waals surface area contributed by atoms with Crippen LogP contribution in [-0.2, 0) is 4.74 Å². The number of benzene rings is 1. The fourth-order valence-electron chi connectivity index (χ4n) is 3.68. The van der Waals surface area contributed by atoms with Crippen LogP contribution < -0.4 is 26.3 Å². The van der Waals surface area contributed by atoms with Crippen molar-refractivity contribution in [3.05, 3.63) is 69.6 Å². The number of methoxy groups -OCH3 is 1. The molecule has 1 saturated heterocycles. The Hall–Kier alpha value is -3.64. The molecule has 3 aromatic rings. The average Bonchev–Trinajstić information content (AvgIpc) is 2.89. The van der Waals surface area contributed by atoms with Gasteiger partial charge in [-0.15, -0.1) is 0 Å². The van der Waals surface area contributed by atoms with Gasteiger partial charge in [0.1, 0.15) is 11.4 Å². The third kappa shape index (κ3) is 6.03. The Kier molecular flexibility index (Phi) is 8.29. The van der Waals surface area contributed by atoms with Gasteiger partial charge in [-0.05, 0) is 24.3 Å². The van der Waals surface area contributed by atoms with Gasteiger partial charge in [-0.3, -0.25) is 16.1 Å². The maximum Gasteiger partial charge on any atom is 0.322 e. The molecule has 0 unspecified atom stereocenters. The molecule has 2 amide bonds. The smallest absolute Gasteiger partial charge is 0.322 e. The maximum atomic E-state index is 12.7. The van der Waals surface area contributed by atoms with E-state index in [0.29, 0.717) is 60.1 Å². The van der Waals surface area contributed by atoms with Crippen LogP contribution in [0, 0.1) is 5.41 Å². The number of ether oxygens (including phenoxy) is 3. The zero-order valence-corrected chi connectivity index (χ0v) is 21.3. The third-order valence-electron chi connectivity index (χ3n) is 5.61. The average molecular weight is 546 g/mol. The number of aromatic nitrogens is 2. The number of urea groups is 1. The zero-order valence-electron chi connectivity index (χ0n) is 19.8. The molecule has 0 bridgehead atoms. The van der Waals surface area contributed by atoms with Crippen LogP contribution in [-0.4, -0.2) is 60.0 Å². The summed E-state index contributed by atoms with van der Waals surface area (Å²) in [7, 11) is 1.45. The molecule has 0 aliphatic carbocycles. The molecule has 1 fully saturated rings. The minimum atomic E-state index is -0.988. The summed E-state index contributed by atoms with van der Waals surface area (Å²) in [5.41, 5.74) is 14.2. The van der Waals surface area contributed by atoms with Crippen molar-refractivity contribution in [1.82, 2.24) is 14.9 Å². The largest absolute Gasteiger partial charge is 0.480 e. The molecule has 1 aliphatic heterocycles. The molecule has 37 heavy (non-hydrogen) atoms. The van der Waals surface area contributed by atoms with Crippen molar-refractivity contribution in [3.8, 4) is 11.6 Å².